The highest BCUT2D eigenvalue weighted by Gasteiger charge is 2.17. The summed E-state index contributed by atoms with van der Waals surface area (Å²) in [6.45, 7) is 17.6. The van der Waals surface area contributed by atoms with Crippen molar-refractivity contribution < 1.29 is 4.48 Å². The van der Waals surface area contributed by atoms with Gasteiger partial charge in [-0.1, -0.05) is 25.1 Å². The van der Waals surface area contributed by atoms with Gasteiger partial charge in [-0.05, 0) is 24.8 Å². The van der Waals surface area contributed by atoms with Crippen LogP contribution in [-0.2, 0) is 12.6 Å². The van der Waals surface area contributed by atoms with Crippen molar-refractivity contribution in [2.45, 2.75) is 0 Å². The highest BCUT2D eigenvalue weighted by atomic mass is 32.1. The molecule has 0 heterocycles. The molecule has 0 saturated heterocycles. The highest BCUT2D eigenvalue weighted by Crippen LogP contribution is 2.07. The fourth-order valence-electron chi connectivity index (χ4n) is 1.22. The molecule has 0 fully saturated rings. The van der Waals surface area contributed by atoms with Gasteiger partial charge in [-0.3, -0.25) is 4.48 Å². The molecule has 0 aliphatic rings. The molecule has 0 aliphatic carbocycles. The molecule has 0 aliphatic heterocycles. The van der Waals surface area contributed by atoms with Gasteiger partial charge in [-0.25, -0.2) is 5.26 Å². The summed E-state index contributed by atoms with van der Waals surface area (Å²) in [5.74, 6) is 0. The molecule has 0 atom stereocenters. The van der Waals surface area contributed by atoms with Gasteiger partial charge in [0.1, 0.15) is 19.6 Å². The number of hydrogen-bond donors (Lipinski definition) is 0. The number of hydrogen-bond acceptors (Lipinski definition) is 2. The number of quaternary nitrogens is 1. The summed E-state index contributed by atoms with van der Waals surface area (Å²) in [4.78, 5) is 0. The Labute approximate surface area is 98.5 Å². The van der Waals surface area contributed by atoms with Crippen LogP contribution in [-0.4, -0.2) is 24.1 Å². The van der Waals surface area contributed by atoms with Crippen LogP contribution in [0.1, 0.15) is 0 Å². The molecule has 0 unspecified atom stereocenters. The lowest BCUT2D eigenvalue weighted by atomic mass is 10.3. The SMILES string of the molecule is C=CC[N+](C=C)(CC=C)CC=C.N#C[S-]. The van der Waals surface area contributed by atoms with E-state index in [4.69, 9.17) is 5.26 Å². The number of nitriles is 1. The van der Waals surface area contributed by atoms with E-state index in [1.54, 1.807) is 0 Å². The van der Waals surface area contributed by atoms with E-state index >= 15 is 0 Å². The highest BCUT2D eigenvalue weighted by molar-refractivity contribution is 7.64. The topological polar surface area (TPSA) is 23.8 Å². The first-order chi connectivity index (χ1) is 7.16. The van der Waals surface area contributed by atoms with Crippen molar-refractivity contribution in [1.82, 2.24) is 0 Å². The minimum Gasteiger partial charge on any atom is -0.696 e. The van der Waals surface area contributed by atoms with Crippen LogP contribution in [0.5, 0.6) is 0 Å². The van der Waals surface area contributed by atoms with Crippen molar-refractivity contribution in [1.29, 1.82) is 5.26 Å². The molecule has 0 amide bonds. The fraction of sp³-hybridized carbons (Fsp3) is 0.250. The van der Waals surface area contributed by atoms with Crippen molar-refractivity contribution >= 4 is 12.6 Å². The summed E-state index contributed by atoms with van der Waals surface area (Å²) in [5, 5.41) is 8.47. The Kier molecular flexibility index (Phi) is 11.5. The predicted molar refractivity (Wildman–Crippen MR) is 68.6 cm³/mol. The second-order valence-electron chi connectivity index (χ2n) is 2.91. The third kappa shape index (κ3) is 7.68. The van der Waals surface area contributed by atoms with Gasteiger partial charge in [0.2, 0.25) is 0 Å². The van der Waals surface area contributed by atoms with E-state index < -0.39 is 0 Å². The first-order valence-corrected chi connectivity index (χ1v) is 4.90. The zero-order chi connectivity index (χ0) is 12.2. The molecule has 0 aromatic carbocycles. The summed E-state index contributed by atoms with van der Waals surface area (Å²) in [6.07, 6.45) is 7.61. The van der Waals surface area contributed by atoms with Crippen molar-refractivity contribution in [3.63, 3.8) is 0 Å². The minimum atomic E-state index is 0.760. The molecule has 0 spiro atoms. The Bertz CT molecular complexity index is 224. The molecule has 0 aromatic rings. The Balaban J connectivity index is 0. The van der Waals surface area contributed by atoms with Gasteiger partial charge in [0, 0.05) is 0 Å². The zero-order valence-electron chi connectivity index (χ0n) is 9.06. The standard InChI is InChI=1S/C11H18N.CHNS/c1-5-9-12(8-4,10-6-2)11-7-3;2-1-3/h5-8H,1-4,9-11H2;3H/q+1;/p-1. The zero-order valence-corrected chi connectivity index (χ0v) is 9.88. The van der Waals surface area contributed by atoms with Gasteiger partial charge in [0.05, 0.1) is 6.20 Å². The lowest BCUT2D eigenvalue weighted by Crippen LogP contribution is -2.42. The third-order valence-corrected chi connectivity index (χ3v) is 1.87. The lowest BCUT2D eigenvalue weighted by Gasteiger charge is -2.31. The van der Waals surface area contributed by atoms with Crippen LogP contribution in [0.25, 0.3) is 0 Å². The molecular formula is C12H18N2S. The summed E-state index contributed by atoms with van der Waals surface area (Å²) < 4.78 is 0.760. The quantitative estimate of drug-likeness (QED) is 0.286. The minimum absolute atomic E-state index is 0.760. The van der Waals surface area contributed by atoms with Crippen LogP contribution in [0.2, 0.25) is 0 Å². The Morgan fingerprint density at radius 3 is 1.40 bits per heavy atom. The van der Waals surface area contributed by atoms with Gasteiger partial charge in [0.15, 0.2) is 0 Å². The molecule has 3 heteroatoms. The second-order valence-corrected chi connectivity index (χ2v) is 3.09. The van der Waals surface area contributed by atoms with Gasteiger partial charge in [-0.2, -0.15) is 0 Å². The van der Waals surface area contributed by atoms with Crippen LogP contribution in [0, 0.1) is 10.7 Å². The van der Waals surface area contributed by atoms with E-state index in [0.717, 1.165) is 24.1 Å². The van der Waals surface area contributed by atoms with Gasteiger partial charge < -0.3 is 12.6 Å². The maximum atomic E-state index is 7.13. The van der Waals surface area contributed by atoms with E-state index in [1.807, 2.05) is 24.4 Å². The Morgan fingerprint density at radius 1 is 1.00 bits per heavy atom. The second kappa shape index (κ2) is 10.7. The van der Waals surface area contributed by atoms with Gasteiger partial charge >= 0.3 is 0 Å². The average molecular weight is 222 g/mol. The third-order valence-electron chi connectivity index (χ3n) is 1.87. The predicted octanol–water partition coefficient (Wildman–Crippen LogP) is 2.52. The van der Waals surface area contributed by atoms with Crippen LogP contribution in [0.3, 0.4) is 0 Å². The van der Waals surface area contributed by atoms with Crippen molar-refractivity contribution in [2.75, 3.05) is 19.6 Å². The fourth-order valence-corrected chi connectivity index (χ4v) is 1.22. The summed E-state index contributed by atoms with van der Waals surface area (Å²) in [7, 11) is 0. The van der Waals surface area contributed by atoms with Crippen LogP contribution in [0.4, 0.5) is 0 Å². The van der Waals surface area contributed by atoms with E-state index in [-0.39, 0.29) is 0 Å². The summed E-state index contributed by atoms with van der Waals surface area (Å²) in [5.41, 5.74) is 0. The molecule has 0 rings (SSSR count). The molecule has 82 valence electrons. The molecule has 0 saturated carbocycles. The smallest absolute Gasteiger partial charge is 0.102 e. The largest absolute Gasteiger partial charge is 0.696 e. The maximum absolute atomic E-state index is 7.13. The number of thiocyanates is 1. The van der Waals surface area contributed by atoms with E-state index in [2.05, 4.69) is 38.9 Å². The van der Waals surface area contributed by atoms with Crippen LogP contribution >= 0.6 is 0 Å². The Morgan fingerprint density at radius 2 is 1.27 bits per heavy atom. The monoisotopic (exact) mass is 222 g/mol. The normalized spacial score (nSPS) is 8.73. The lowest BCUT2D eigenvalue weighted by molar-refractivity contribution is -0.861. The molecule has 0 aromatic heterocycles. The summed E-state index contributed by atoms with van der Waals surface area (Å²) >= 11 is 3.70. The van der Waals surface area contributed by atoms with Gasteiger partial charge in [-0.15, -0.1) is 0 Å². The molecular weight excluding hydrogens is 204 g/mol. The first kappa shape index (κ1) is 16.1. The van der Waals surface area contributed by atoms with Crippen LogP contribution in [0.15, 0.2) is 50.7 Å². The van der Waals surface area contributed by atoms with Crippen molar-refractivity contribution in [3.8, 4) is 5.40 Å². The molecule has 0 bridgehead atoms. The molecule has 0 N–H and O–H groups in total. The first-order valence-electron chi connectivity index (χ1n) is 4.49. The number of rotatable bonds is 7. The average Bonchev–Trinajstić information content (AvgIpc) is 2.20. The number of nitrogens with zero attached hydrogens (tertiary/aromatic N) is 2. The maximum Gasteiger partial charge on any atom is 0.102 e. The molecule has 0 radical (unpaired) electrons. The van der Waals surface area contributed by atoms with E-state index in [1.165, 1.54) is 5.40 Å². The summed E-state index contributed by atoms with van der Waals surface area (Å²) in [6, 6.07) is 0. The van der Waals surface area contributed by atoms with Crippen molar-refractivity contribution in [3.05, 3.63) is 50.7 Å². The Hall–Kier alpha value is -1.37. The molecule has 2 nitrogen and oxygen atoms in total. The van der Waals surface area contributed by atoms with E-state index in [0.29, 0.717) is 0 Å². The van der Waals surface area contributed by atoms with Crippen LogP contribution < -0.4 is 0 Å². The van der Waals surface area contributed by atoms with Gasteiger partial charge in [0.25, 0.3) is 0 Å². The van der Waals surface area contributed by atoms with Crippen molar-refractivity contribution in [2.24, 2.45) is 0 Å². The molecule has 15 heavy (non-hydrogen) atoms. The van der Waals surface area contributed by atoms with E-state index in [9.17, 15) is 0 Å².